The number of rotatable bonds is 8. The largest absolute Gasteiger partial charge is 0.320 e. The highest BCUT2D eigenvalue weighted by atomic mass is 15.1. The normalized spacial score (nSPS) is 10.9. The molecule has 0 atom stereocenters. The first-order valence-electron chi connectivity index (χ1n) is 6.93. The molecule has 0 radical (unpaired) electrons. The van der Waals surface area contributed by atoms with Gasteiger partial charge in [-0.15, -0.1) is 0 Å². The molecule has 0 bridgehead atoms. The minimum absolute atomic E-state index is 0.781. The lowest BCUT2D eigenvalue weighted by Crippen LogP contribution is -2.33. The van der Waals surface area contributed by atoms with Crippen molar-refractivity contribution >= 4 is 0 Å². The second kappa shape index (κ2) is 13.0. The van der Waals surface area contributed by atoms with E-state index in [1.807, 2.05) is 20.9 Å². The van der Waals surface area contributed by atoms with Gasteiger partial charge < -0.3 is 10.2 Å². The van der Waals surface area contributed by atoms with Gasteiger partial charge in [-0.25, -0.2) is 0 Å². The van der Waals surface area contributed by atoms with E-state index in [1.54, 1.807) is 0 Å². The Morgan fingerprint density at radius 2 is 1.38 bits per heavy atom. The second-order valence-electron chi connectivity index (χ2n) is 5.00. The van der Waals surface area contributed by atoms with Gasteiger partial charge in [0.2, 0.25) is 0 Å². The molecule has 0 saturated carbocycles. The van der Waals surface area contributed by atoms with E-state index >= 15 is 0 Å². The number of hydrogen-bond acceptors (Lipinski definition) is 2. The fourth-order valence-electron chi connectivity index (χ4n) is 1.77. The molecule has 16 heavy (non-hydrogen) atoms. The first-order valence-corrected chi connectivity index (χ1v) is 6.93. The lowest BCUT2D eigenvalue weighted by molar-refractivity contribution is 0.217. The third kappa shape index (κ3) is 13.9. The molecular weight excluding hydrogens is 196 g/mol. The van der Waals surface area contributed by atoms with Crippen molar-refractivity contribution < 1.29 is 0 Å². The lowest BCUT2D eigenvalue weighted by Gasteiger charge is -2.25. The quantitative estimate of drug-likeness (QED) is 0.644. The molecule has 0 aliphatic heterocycles. The summed E-state index contributed by atoms with van der Waals surface area (Å²) >= 11 is 0. The Hall–Kier alpha value is -0.0800. The van der Waals surface area contributed by atoms with Gasteiger partial charge in [0.05, 0.1) is 0 Å². The fraction of sp³-hybridized carbons (Fsp3) is 1.00. The number of nitrogens with one attached hydrogen (secondary N) is 1. The van der Waals surface area contributed by atoms with Gasteiger partial charge in [0.25, 0.3) is 0 Å². The van der Waals surface area contributed by atoms with Crippen LogP contribution in [0.5, 0.6) is 0 Å². The van der Waals surface area contributed by atoms with Crippen LogP contribution in [0.15, 0.2) is 0 Å². The van der Waals surface area contributed by atoms with Gasteiger partial charge in [0, 0.05) is 13.1 Å². The Kier molecular flexibility index (Phi) is 14.8. The molecule has 2 nitrogen and oxygen atoms in total. The van der Waals surface area contributed by atoms with Crippen LogP contribution in [0, 0.1) is 11.8 Å². The van der Waals surface area contributed by atoms with Gasteiger partial charge in [0.1, 0.15) is 0 Å². The monoisotopic (exact) mass is 230 g/mol. The fourth-order valence-corrected chi connectivity index (χ4v) is 1.77. The molecule has 0 rings (SSSR count). The van der Waals surface area contributed by atoms with Gasteiger partial charge in [-0.05, 0) is 38.4 Å². The van der Waals surface area contributed by atoms with E-state index in [9.17, 15) is 0 Å². The van der Waals surface area contributed by atoms with Crippen molar-refractivity contribution in [2.24, 2.45) is 11.8 Å². The zero-order valence-corrected chi connectivity index (χ0v) is 12.6. The standard InChI is InChI=1S/C12H28N2.C2H6/c1-11(2)9-14(10-12(3)4)8-6-7-13-5;1-2/h11-13H,6-10H2,1-5H3;1-2H3. The van der Waals surface area contributed by atoms with E-state index in [2.05, 4.69) is 37.9 Å². The van der Waals surface area contributed by atoms with Crippen molar-refractivity contribution in [3.05, 3.63) is 0 Å². The summed E-state index contributed by atoms with van der Waals surface area (Å²) in [6, 6.07) is 0. The van der Waals surface area contributed by atoms with E-state index in [-0.39, 0.29) is 0 Å². The average molecular weight is 230 g/mol. The molecule has 0 unspecified atom stereocenters. The zero-order valence-electron chi connectivity index (χ0n) is 12.6. The number of nitrogens with zero attached hydrogens (tertiary/aromatic N) is 1. The van der Waals surface area contributed by atoms with Crippen LogP contribution in [0.25, 0.3) is 0 Å². The van der Waals surface area contributed by atoms with Crippen molar-refractivity contribution in [3.63, 3.8) is 0 Å². The molecule has 0 heterocycles. The summed E-state index contributed by atoms with van der Waals surface area (Å²) in [4.78, 5) is 2.59. The minimum atomic E-state index is 0.781. The summed E-state index contributed by atoms with van der Waals surface area (Å²) in [6.07, 6.45) is 1.26. The van der Waals surface area contributed by atoms with Crippen molar-refractivity contribution in [1.82, 2.24) is 10.2 Å². The molecule has 0 aromatic rings. The maximum atomic E-state index is 3.20. The van der Waals surface area contributed by atoms with Crippen molar-refractivity contribution in [2.75, 3.05) is 33.2 Å². The van der Waals surface area contributed by atoms with Gasteiger partial charge in [0.15, 0.2) is 0 Å². The highest BCUT2D eigenvalue weighted by Gasteiger charge is 2.08. The molecule has 0 fully saturated rings. The van der Waals surface area contributed by atoms with E-state index in [0.717, 1.165) is 18.4 Å². The third-order valence-corrected chi connectivity index (χ3v) is 2.15. The van der Waals surface area contributed by atoms with Crippen LogP contribution < -0.4 is 5.32 Å². The lowest BCUT2D eigenvalue weighted by atomic mass is 10.1. The van der Waals surface area contributed by atoms with Crippen molar-refractivity contribution in [3.8, 4) is 0 Å². The molecule has 1 N–H and O–H groups in total. The zero-order chi connectivity index (χ0) is 13.0. The maximum Gasteiger partial charge on any atom is 0.000450 e. The average Bonchev–Trinajstić information content (AvgIpc) is 2.19. The summed E-state index contributed by atoms with van der Waals surface area (Å²) in [5.41, 5.74) is 0. The van der Waals surface area contributed by atoms with Crippen molar-refractivity contribution in [1.29, 1.82) is 0 Å². The van der Waals surface area contributed by atoms with Crippen LogP contribution >= 0.6 is 0 Å². The van der Waals surface area contributed by atoms with Crippen LogP contribution in [0.1, 0.15) is 48.0 Å². The summed E-state index contributed by atoms with van der Waals surface area (Å²) in [5.74, 6) is 1.56. The Bertz CT molecular complexity index is 112. The van der Waals surface area contributed by atoms with E-state index in [0.29, 0.717) is 0 Å². The molecule has 0 aromatic carbocycles. The van der Waals surface area contributed by atoms with Gasteiger partial charge in [-0.2, -0.15) is 0 Å². The third-order valence-electron chi connectivity index (χ3n) is 2.15. The highest BCUT2D eigenvalue weighted by molar-refractivity contribution is 4.63. The molecule has 2 heteroatoms. The smallest absolute Gasteiger partial charge is 0.000450 e. The summed E-state index contributed by atoms with van der Waals surface area (Å²) < 4.78 is 0. The molecule has 0 spiro atoms. The van der Waals surface area contributed by atoms with E-state index in [4.69, 9.17) is 0 Å². The topological polar surface area (TPSA) is 15.3 Å². The van der Waals surface area contributed by atoms with Gasteiger partial charge >= 0.3 is 0 Å². The van der Waals surface area contributed by atoms with Gasteiger partial charge in [-0.3, -0.25) is 0 Å². The van der Waals surface area contributed by atoms with Gasteiger partial charge in [-0.1, -0.05) is 41.5 Å². The van der Waals surface area contributed by atoms with Crippen molar-refractivity contribution in [2.45, 2.75) is 48.0 Å². The van der Waals surface area contributed by atoms with Crippen LogP contribution in [-0.2, 0) is 0 Å². The molecular formula is C14H34N2. The Balaban J connectivity index is 0. The Labute approximate surface area is 104 Å². The molecule has 100 valence electrons. The summed E-state index contributed by atoms with van der Waals surface area (Å²) in [7, 11) is 2.02. The maximum absolute atomic E-state index is 3.20. The molecule has 0 aliphatic rings. The Morgan fingerprint density at radius 1 is 0.938 bits per heavy atom. The first-order chi connectivity index (χ1) is 7.56. The number of hydrogen-bond donors (Lipinski definition) is 1. The van der Waals surface area contributed by atoms with Crippen LogP contribution in [0.2, 0.25) is 0 Å². The second-order valence-corrected chi connectivity index (χ2v) is 5.00. The first kappa shape index (κ1) is 18.3. The highest BCUT2D eigenvalue weighted by Crippen LogP contribution is 2.04. The Morgan fingerprint density at radius 3 is 1.69 bits per heavy atom. The van der Waals surface area contributed by atoms with E-state index < -0.39 is 0 Å². The summed E-state index contributed by atoms with van der Waals surface area (Å²) in [6.45, 7) is 18.0. The molecule has 0 saturated heterocycles. The van der Waals surface area contributed by atoms with Crippen LogP contribution in [0.4, 0.5) is 0 Å². The predicted molar refractivity (Wildman–Crippen MR) is 76.0 cm³/mol. The molecule has 0 amide bonds. The summed E-state index contributed by atoms with van der Waals surface area (Å²) in [5, 5.41) is 3.20. The molecule has 0 aliphatic carbocycles. The molecule has 0 aromatic heterocycles. The SMILES string of the molecule is CC.CNCCCN(CC(C)C)CC(C)C. The predicted octanol–water partition coefficient (Wildman–Crippen LogP) is 3.24. The minimum Gasteiger partial charge on any atom is -0.320 e. The van der Waals surface area contributed by atoms with Crippen LogP contribution in [0.3, 0.4) is 0 Å². The van der Waals surface area contributed by atoms with E-state index in [1.165, 1.54) is 26.1 Å². The van der Waals surface area contributed by atoms with Crippen LogP contribution in [-0.4, -0.2) is 38.1 Å².